The minimum Gasteiger partial charge on any atom is -0.460 e. The first kappa shape index (κ1) is 15.2. The molecule has 0 spiro atoms. The zero-order valence-electron chi connectivity index (χ0n) is 9.01. The molecule has 1 unspecified atom stereocenters. The van der Waals surface area contributed by atoms with Crippen LogP contribution in [0.2, 0.25) is 0 Å². The van der Waals surface area contributed by atoms with Crippen LogP contribution in [0, 0.1) is 0 Å². The van der Waals surface area contributed by atoms with Gasteiger partial charge in [0.05, 0.1) is 5.56 Å². The third-order valence-corrected chi connectivity index (χ3v) is 2.90. The van der Waals surface area contributed by atoms with Crippen molar-refractivity contribution in [2.45, 2.75) is 16.7 Å². The molecule has 1 atom stereocenters. The highest BCUT2D eigenvalue weighted by atomic mass is 127. The van der Waals surface area contributed by atoms with Crippen LogP contribution in [0.5, 0.6) is 0 Å². The Hall–Kier alpha value is -0.860. The Balaban J connectivity index is 2.57. The van der Waals surface area contributed by atoms with Crippen LogP contribution in [0.1, 0.15) is 11.1 Å². The SMILES string of the molecule is O=C(OCc1ccc(C(F)(F)F)cc1)C(I)CF. The summed E-state index contributed by atoms with van der Waals surface area (Å²) in [5, 5.41) is 0. The molecule has 0 fully saturated rings. The number of ether oxygens (including phenoxy) is 1. The third-order valence-electron chi connectivity index (χ3n) is 2.05. The zero-order chi connectivity index (χ0) is 13.8. The Morgan fingerprint density at radius 1 is 1.28 bits per heavy atom. The standard InChI is InChI=1S/C11H9F4IO2/c12-5-9(16)10(17)18-6-7-1-3-8(4-2-7)11(13,14)15/h1-4,9H,5-6H2. The Morgan fingerprint density at radius 2 is 1.83 bits per heavy atom. The molecule has 0 amide bonds. The fraction of sp³-hybridized carbons (Fsp3) is 0.364. The van der Waals surface area contributed by atoms with E-state index < -0.39 is 28.3 Å². The first-order valence-corrected chi connectivity index (χ1v) is 6.12. The molecule has 2 nitrogen and oxygen atoms in total. The van der Waals surface area contributed by atoms with Gasteiger partial charge in [-0.3, -0.25) is 4.79 Å². The first-order chi connectivity index (χ1) is 8.34. The second-order valence-corrected chi connectivity index (χ2v) is 4.93. The van der Waals surface area contributed by atoms with Gasteiger partial charge in [-0.15, -0.1) is 0 Å². The predicted octanol–water partition coefficient (Wildman–Crippen LogP) is 3.52. The normalized spacial score (nSPS) is 13.2. The van der Waals surface area contributed by atoms with E-state index in [0.717, 1.165) is 12.1 Å². The third kappa shape index (κ3) is 4.43. The van der Waals surface area contributed by atoms with E-state index in [1.54, 1.807) is 22.6 Å². The van der Waals surface area contributed by atoms with Crippen molar-refractivity contribution in [1.82, 2.24) is 0 Å². The summed E-state index contributed by atoms with van der Waals surface area (Å²) in [5.41, 5.74) is -0.355. The number of alkyl halides is 5. The zero-order valence-corrected chi connectivity index (χ0v) is 11.2. The van der Waals surface area contributed by atoms with E-state index in [1.807, 2.05) is 0 Å². The molecule has 0 saturated heterocycles. The maximum absolute atomic E-state index is 12.3. The van der Waals surface area contributed by atoms with Gasteiger partial charge in [0.2, 0.25) is 0 Å². The van der Waals surface area contributed by atoms with Crippen LogP contribution in [0.4, 0.5) is 17.6 Å². The summed E-state index contributed by atoms with van der Waals surface area (Å²) in [6, 6.07) is 4.24. The number of rotatable bonds is 4. The molecular formula is C11H9F4IO2. The fourth-order valence-corrected chi connectivity index (χ4v) is 1.28. The Kier molecular flexibility index (Phi) is 5.36. The number of halogens is 5. The molecule has 0 aliphatic carbocycles. The van der Waals surface area contributed by atoms with Gasteiger partial charge in [0, 0.05) is 0 Å². The topological polar surface area (TPSA) is 26.3 Å². The highest BCUT2D eigenvalue weighted by Gasteiger charge is 2.29. The summed E-state index contributed by atoms with van der Waals surface area (Å²) in [6.07, 6.45) is -4.39. The largest absolute Gasteiger partial charge is 0.460 e. The van der Waals surface area contributed by atoms with Gasteiger partial charge >= 0.3 is 12.1 Å². The average molecular weight is 376 g/mol. The molecule has 1 aromatic rings. The van der Waals surface area contributed by atoms with Gasteiger partial charge in [0.1, 0.15) is 17.2 Å². The lowest BCUT2D eigenvalue weighted by atomic mass is 10.1. The number of esters is 1. The molecule has 0 aliphatic rings. The van der Waals surface area contributed by atoms with Gasteiger partial charge in [0.25, 0.3) is 0 Å². The molecule has 0 radical (unpaired) electrons. The van der Waals surface area contributed by atoms with Crippen molar-refractivity contribution in [3.63, 3.8) is 0 Å². The summed E-state index contributed by atoms with van der Waals surface area (Å²) in [7, 11) is 0. The number of carbonyl (C=O) groups excluding carboxylic acids is 1. The molecule has 1 aromatic carbocycles. The summed E-state index contributed by atoms with van der Waals surface area (Å²) < 4.78 is 52.7. The van der Waals surface area contributed by atoms with Gasteiger partial charge in [-0.05, 0) is 17.7 Å². The summed E-state index contributed by atoms with van der Waals surface area (Å²) in [4.78, 5) is 11.1. The summed E-state index contributed by atoms with van der Waals surface area (Å²) >= 11 is 1.59. The van der Waals surface area contributed by atoms with Crippen molar-refractivity contribution in [3.05, 3.63) is 35.4 Å². The molecule has 0 heterocycles. The van der Waals surface area contributed by atoms with E-state index >= 15 is 0 Å². The quantitative estimate of drug-likeness (QED) is 0.348. The molecule has 0 aromatic heterocycles. The molecule has 100 valence electrons. The van der Waals surface area contributed by atoms with Gasteiger partial charge in [-0.1, -0.05) is 34.7 Å². The van der Waals surface area contributed by atoms with Crippen molar-refractivity contribution < 1.29 is 27.1 Å². The average Bonchev–Trinajstić information content (AvgIpc) is 2.34. The smallest absolute Gasteiger partial charge is 0.416 e. The van der Waals surface area contributed by atoms with Crippen LogP contribution in [-0.4, -0.2) is 16.6 Å². The maximum Gasteiger partial charge on any atom is 0.416 e. The van der Waals surface area contributed by atoms with Crippen molar-refractivity contribution in [2.75, 3.05) is 6.67 Å². The van der Waals surface area contributed by atoms with Crippen LogP contribution >= 0.6 is 22.6 Å². The van der Waals surface area contributed by atoms with Crippen molar-refractivity contribution in [1.29, 1.82) is 0 Å². The van der Waals surface area contributed by atoms with E-state index in [1.165, 1.54) is 12.1 Å². The monoisotopic (exact) mass is 376 g/mol. The maximum atomic E-state index is 12.3. The Morgan fingerprint density at radius 3 is 2.28 bits per heavy atom. The van der Waals surface area contributed by atoms with Crippen LogP contribution < -0.4 is 0 Å². The molecule has 7 heteroatoms. The van der Waals surface area contributed by atoms with E-state index in [-0.39, 0.29) is 6.61 Å². The predicted molar refractivity (Wildman–Crippen MR) is 65.0 cm³/mol. The number of hydrogen-bond acceptors (Lipinski definition) is 2. The van der Waals surface area contributed by atoms with Gasteiger partial charge in [0.15, 0.2) is 0 Å². The van der Waals surface area contributed by atoms with Crippen LogP contribution in [0.25, 0.3) is 0 Å². The second-order valence-electron chi connectivity index (χ2n) is 3.42. The van der Waals surface area contributed by atoms with Crippen molar-refractivity contribution >= 4 is 28.6 Å². The van der Waals surface area contributed by atoms with Crippen LogP contribution in [0.15, 0.2) is 24.3 Å². The molecule has 0 aliphatic heterocycles. The molecule has 18 heavy (non-hydrogen) atoms. The van der Waals surface area contributed by atoms with Crippen molar-refractivity contribution in [3.8, 4) is 0 Å². The van der Waals surface area contributed by atoms with E-state index in [4.69, 9.17) is 4.74 Å². The minimum atomic E-state index is -4.39. The van der Waals surface area contributed by atoms with Crippen molar-refractivity contribution in [2.24, 2.45) is 0 Å². The molecule has 1 rings (SSSR count). The first-order valence-electron chi connectivity index (χ1n) is 4.87. The lowest BCUT2D eigenvalue weighted by molar-refractivity contribution is -0.144. The molecule has 0 saturated carbocycles. The molecular weight excluding hydrogens is 367 g/mol. The van der Waals surface area contributed by atoms with Gasteiger partial charge < -0.3 is 4.74 Å². The second kappa shape index (κ2) is 6.35. The highest BCUT2D eigenvalue weighted by molar-refractivity contribution is 14.1. The lowest BCUT2D eigenvalue weighted by Crippen LogP contribution is -2.18. The van der Waals surface area contributed by atoms with Crippen LogP contribution in [0.3, 0.4) is 0 Å². The number of carbonyl (C=O) groups is 1. The number of hydrogen-bond donors (Lipinski definition) is 0. The van der Waals surface area contributed by atoms with E-state index in [0.29, 0.717) is 5.56 Å². The molecule has 0 N–H and O–H groups in total. The lowest BCUT2D eigenvalue weighted by Gasteiger charge is -2.09. The Labute approximate surface area is 114 Å². The van der Waals surface area contributed by atoms with Gasteiger partial charge in [-0.2, -0.15) is 13.2 Å². The summed E-state index contributed by atoms with van der Waals surface area (Å²) in [6.45, 7) is -1.01. The Bertz CT molecular complexity index is 402. The van der Waals surface area contributed by atoms with Crippen LogP contribution in [-0.2, 0) is 22.3 Å². The summed E-state index contributed by atoms with van der Waals surface area (Å²) in [5.74, 6) is -0.724. The number of benzene rings is 1. The van der Waals surface area contributed by atoms with E-state index in [9.17, 15) is 22.4 Å². The van der Waals surface area contributed by atoms with Gasteiger partial charge in [-0.25, -0.2) is 4.39 Å². The molecule has 0 bridgehead atoms. The minimum absolute atomic E-state index is 0.170. The van der Waals surface area contributed by atoms with E-state index in [2.05, 4.69) is 0 Å². The fourth-order valence-electron chi connectivity index (χ4n) is 1.10. The highest BCUT2D eigenvalue weighted by Crippen LogP contribution is 2.29.